The number of carboxylic acid groups (broad SMARTS) is 1. The van der Waals surface area contributed by atoms with Gasteiger partial charge >= 0.3 is 5.97 Å². The fraction of sp³-hybridized carbons (Fsp3) is 0.462. The number of nitrogens with zero attached hydrogens (tertiary/aromatic N) is 2. The van der Waals surface area contributed by atoms with E-state index in [1.165, 1.54) is 24.1 Å². The Bertz CT molecular complexity index is 574. The fourth-order valence-corrected chi connectivity index (χ4v) is 2.28. The van der Waals surface area contributed by atoms with Crippen LogP contribution >= 0.6 is 0 Å². The summed E-state index contributed by atoms with van der Waals surface area (Å²) >= 11 is 0. The molecule has 1 heterocycles. The van der Waals surface area contributed by atoms with Crippen molar-refractivity contribution in [1.82, 2.24) is 0 Å². The first kappa shape index (κ1) is 14.9. The second kappa shape index (κ2) is 5.86. The SMILES string of the molecule is CCC(C(=O)O)N(C)c1cc2c(cc1[N+](=O)[O-])OCCO2. The molecule has 8 nitrogen and oxygen atoms in total. The molecule has 114 valence electrons. The summed E-state index contributed by atoms with van der Waals surface area (Å²) in [5, 5.41) is 20.4. The van der Waals surface area contributed by atoms with Crippen LogP contribution in [0.4, 0.5) is 11.4 Å². The lowest BCUT2D eigenvalue weighted by Crippen LogP contribution is -2.38. The van der Waals surface area contributed by atoms with Crippen LogP contribution in [0, 0.1) is 10.1 Å². The minimum absolute atomic E-state index is 0.193. The van der Waals surface area contributed by atoms with E-state index in [-0.39, 0.29) is 11.4 Å². The molecule has 0 bridgehead atoms. The van der Waals surface area contributed by atoms with Crippen molar-refractivity contribution >= 4 is 17.3 Å². The van der Waals surface area contributed by atoms with E-state index in [9.17, 15) is 20.0 Å². The molecule has 0 saturated heterocycles. The van der Waals surface area contributed by atoms with E-state index >= 15 is 0 Å². The zero-order valence-electron chi connectivity index (χ0n) is 11.7. The molecule has 0 saturated carbocycles. The van der Waals surface area contributed by atoms with Crippen molar-refractivity contribution in [1.29, 1.82) is 0 Å². The van der Waals surface area contributed by atoms with E-state index in [1.807, 2.05) is 0 Å². The first-order valence-corrected chi connectivity index (χ1v) is 6.49. The lowest BCUT2D eigenvalue weighted by Gasteiger charge is -2.27. The van der Waals surface area contributed by atoms with Crippen molar-refractivity contribution in [3.8, 4) is 11.5 Å². The van der Waals surface area contributed by atoms with Gasteiger partial charge in [-0.3, -0.25) is 10.1 Å². The number of aliphatic carboxylic acids is 1. The molecule has 0 spiro atoms. The molecular weight excluding hydrogens is 280 g/mol. The molecule has 0 amide bonds. The molecule has 0 radical (unpaired) electrons. The number of nitro benzene ring substituents is 1. The van der Waals surface area contributed by atoms with Crippen molar-refractivity contribution in [2.45, 2.75) is 19.4 Å². The number of carboxylic acids is 1. The summed E-state index contributed by atoms with van der Waals surface area (Å²) in [6.45, 7) is 2.38. The van der Waals surface area contributed by atoms with Crippen molar-refractivity contribution < 1.29 is 24.3 Å². The van der Waals surface area contributed by atoms with Crippen LogP contribution in [0.15, 0.2) is 12.1 Å². The second-order valence-electron chi connectivity index (χ2n) is 4.61. The number of ether oxygens (including phenoxy) is 2. The summed E-state index contributed by atoms with van der Waals surface area (Å²) < 4.78 is 10.7. The summed E-state index contributed by atoms with van der Waals surface area (Å²) in [4.78, 5) is 23.3. The number of benzene rings is 1. The lowest BCUT2D eigenvalue weighted by atomic mass is 10.1. The first-order chi connectivity index (χ1) is 9.95. The van der Waals surface area contributed by atoms with Gasteiger partial charge < -0.3 is 19.5 Å². The lowest BCUT2D eigenvalue weighted by molar-refractivity contribution is -0.384. The maximum absolute atomic E-state index is 11.2. The van der Waals surface area contributed by atoms with E-state index in [0.717, 1.165) is 0 Å². The molecule has 0 aliphatic carbocycles. The van der Waals surface area contributed by atoms with Crippen LogP contribution in [-0.2, 0) is 4.79 Å². The average molecular weight is 296 g/mol. The zero-order valence-corrected chi connectivity index (χ0v) is 11.7. The van der Waals surface area contributed by atoms with E-state index in [2.05, 4.69) is 0 Å². The van der Waals surface area contributed by atoms with Crippen LogP contribution in [0.1, 0.15) is 13.3 Å². The van der Waals surface area contributed by atoms with Crippen LogP contribution in [0.25, 0.3) is 0 Å². The molecule has 1 aliphatic heterocycles. The van der Waals surface area contributed by atoms with Crippen LogP contribution in [0.5, 0.6) is 11.5 Å². The van der Waals surface area contributed by atoms with Gasteiger partial charge in [-0.2, -0.15) is 0 Å². The van der Waals surface area contributed by atoms with Gasteiger partial charge in [0.2, 0.25) is 0 Å². The number of nitro groups is 1. The smallest absolute Gasteiger partial charge is 0.326 e. The Morgan fingerprint density at radius 2 is 2.00 bits per heavy atom. The standard InChI is InChI=1S/C13H16N2O6/c1-3-8(13(16)17)14(2)9-6-11-12(21-5-4-20-11)7-10(9)15(18)19/h6-8H,3-5H2,1-2H3,(H,16,17). The van der Waals surface area contributed by atoms with Gasteiger partial charge in [0.1, 0.15) is 24.9 Å². The van der Waals surface area contributed by atoms with Gasteiger partial charge in [-0.25, -0.2) is 4.79 Å². The Kier molecular flexibility index (Phi) is 4.15. The van der Waals surface area contributed by atoms with Gasteiger partial charge in [0.25, 0.3) is 5.69 Å². The number of hydrogen-bond donors (Lipinski definition) is 1. The van der Waals surface area contributed by atoms with Gasteiger partial charge in [0.15, 0.2) is 11.5 Å². The minimum Gasteiger partial charge on any atom is -0.486 e. The first-order valence-electron chi connectivity index (χ1n) is 6.49. The summed E-state index contributed by atoms with van der Waals surface area (Å²) in [6.07, 6.45) is 0.317. The molecule has 0 fully saturated rings. The van der Waals surface area contributed by atoms with Crippen LogP contribution < -0.4 is 14.4 Å². The number of carbonyl (C=O) groups is 1. The summed E-state index contributed by atoms with van der Waals surface area (Å²) in [5.74, 6) is -0.355. The monoisotopic (exact) mass is 296 g/mol. The maximum Gasteiger partial charge on any atom is 0.326 e. The molecule has 1 aromatic carbocycles. The Morgan fingerprint density at radius 3 is 2.48 bits per heavy atom. The number of hydrogen-bond acceptors (Lipinski definition) is 6. The predicted octanol–water partition coefficient (Wildman–Crippen LogP) is 1.67. The third kappa shape index (κ3) is 2.83. The molecule has 21 heavy (non-hydrogen) atoms. The van der Waals surface area contributed by atoms with E-state index in [1.54, 1.807) is 6.92 Å². The van der Waals surface area contributed by atoms with Crippen molar-refractivity contribution in [2.24, 2.45) is 0 Å². The number of likely N-dealkylation sites (N-methyl/N-ethyl adjacent to an activating group) is 1. The van der Waals surface area contributed by atoms with E-state index in [4.69, 9.17) is 9.47 Å². The second-order valence-corrected chi connectivity index (χ2v) is 4.61. The number of anilines is 1. The summed E-state index contributed by atoms with van der Waals surface area (Å²) in [7, 11) is 1.51. The minimum atomic E-state index is -1.04. The molecule has 2 rings (SSSR count). The molecule has 1 atom stereocenters. The summed E-state index contributed by atoms with van der Waals surface area (Å²) in [6, 6.07) is 1.87. The maximum atomic E-state index is 11.2. The molecular formula is C13H16N2O6. The quantitative estimate of drug-likeness (QED) is 0.651. The van der Waals surface area contributed by atoms with Crippen molar-refractivity contribution in [2.75, 3.05) is 25.2 Å². The fourth-order valence-electron chi connectivity index (χ4n) is 2.28. The highest BCUT2D eigenvalue weighted by Gasteiger charge is 2.29. The average Bonchev–Trinajstić information content (AvgIpc) is 2.46. The van der Waals surface area contributed by atoms with Crippen molar-refractivity contribution in [3.63, 3.8) is 0 Å². The third-order valence-corrected chi connectivity index (χ3v) is 3.36. The Hall–Kier alpha value is -2.51. The molecule has 1 N–H and O–H groups in total. The van der Waals surface area contributed by atoms with Gasteiger partial charge in [0, 0.05) is 13.1 Å². The predicted molar refractivity (Wildman–Crippen MR) is 74.2 cm³/mol. The van der Waals surface area contributed by atoms with E-state index < -0.39 is 16.9 Å². The van der Waals surface area contributed by atoms with Gasteiger partial charge in [-0.05, 0) is 6.42 Å². The van der Waals surface area contributed by atoms with Gasteiger partial charge in [0.05, 0.1) is 11.0 Å². The van der Waals surface area contributed by atoms with Crippen molar-refractivity contribution in [3.05, 3.63) is 22.2 Å². The molecule has 8 heteroatoms. The highest BCUT2D eigenvalue weighted by molar-refractivity contribution is 5.81. The molecule has 1 unspecified atom stereocenters. The Labute approximate surface area is 121 Å². The number of rotatable bonds is 5. The van der Waals surface area contributed by atoms with E-state index in [0.29, 0.717) is 31.1 Å². The molecule has 0 aromatic heterocycles. The van der Waals surface area contributed by atoms with Crippen LogP contribution in [0.3, 0.4) is 0 Å². The highest BCUT2D eigenvalue weighted by atomic mass is 16.6. The largest absolute Gasteiger partial charge is 0.486 e. The third-order valence-electron chi connectivity index (χ3n) is 3.36. The molecule has 1 aliphatic rings. The molecule has 1 aromatic rings. The zero-order chi connectivity index (χ0) is 15.6. The highest BCUT2D eigenvalue weighted by Crippen LogP contribution is 2.41. The van der Waals surface area contributed by atoms with Gasteiger partial charge in [-0.15, -0.1) is 0 Å². The van der Waals surface area contributed by atoms with Crippen LogP contribution in [-0.4, -0.2) is 42.3 Å². The summed E-state index contributed by atoms with van der Waals surface area (Å²) in [5.41, 5.74) is -0.0139. The normalized spacial score (nSPS) is 14.4. The van der Waals surface area contributed by atoms with Crippen LogP contribution in [0.2, 0.25) is 0 Å². The van der Waals surface area contributed by atoms with Gasteiger partial charge in [-0.1, -0.05) is 6.92 Å². The Morgan fingerprint density at radius 1 is 1.43 bits per heavy atom. The number of fused-ring (bicyclic) bond motifs is 1. The Balaban J connectivity index is 2.50. The topological polar surface area (TPSA) is 102 Å².